The van der Waals surface area contributed by atoms with Crippen LogP contribution in [0.15, 0.2) is 0 Å². The van der Waals surface area contributed by atoms with E-state index in [4.69, 9.17) is 0 Å². The van der Waals surface area contributed by atoms with Crippen molar-refractivity contribution in [3.63, 3.8) is 0 Å². The van der Waals surface area contributed by atoms with Gasteiger partial charge in [-0.2, -0.15) is 0 Å². The standard InChI is InChI=1S/C13H24.C11H20.C2H6/c1-10(2)12-8-7-11-5-3-4-6-13(11)9-12;1-9-5-4-7-10-6-2-3-8-11(9)10;1-2/h10-13H,3-9H2,1-2H3;9-11H,2-8H2,1H3;1-2H3. The second-order valence-electron chi connectivity index (χ2n) is 10.2. The van der Waals surface area contributed by atoms with Crippen molar-refractivity contribution in [1.29, 1.82) is 0 Å². The van der Waals surface area contributed by atoms with Crippen LogP contribution in [-0.4, -0.2) is 0 Å². The predicted octanol–water partition coefficient (Wildman–Crippen LogP) is 8.89. The average Bonchev–Trinajstić information content (AvgIpc) is 2.70. The maximum atomic E-state index is 2.47. The van der Waals surface area contributed by atoms with Crippen molar-refractivity contribution in [3.05, 3.63) is 0 Å². The average molecular weight is 363 g/mol. The Labute approximate surface area is 166 Å². The quantitative estimate of drug-likeness (QED) is 0.437. The molecule has 0 bridgehead atoms. The van der Waals surface area contributed by atoms with E-state index in [0.717, 1.165) is 41.4 Å². The third-order valence-electron chi connectivity index (χ3n) is 8.46. The maximum Gasteiger partial charge on any atom is -0.0360 e. The van der Waals surface area contributed by atoms with Gasteiger partial charge in [0.2, 0.25) is 0 Å². The van der Waals surface area contributed by atoms with Gasteiger partial charge in [0.15, 0.2) is 0 Å². The lowest BCUT2D eigenvalue weighted by molar-refractivity contribution is 0.108. The first-order valence-corrected chi connectivity index (χ1v) is 12.6. The van der Waals surface area contributed by atoms with Gasteiger partial charge in [0, 0.05) is 0 Å². The molecular weight excluding hydrogens is 312 g/mol. The molecule has 4 aliphatic carbocycles. The SMILES string of the molecule is CC.CC(C)C1CCC2CCCCC2C1.CC1CCCC2CCCCC12. The summed E-state index contributed by atoms with van der Waals surface area (Å²) in [7, 11) is 0. The zero-order valence-electron chi connectivity index (χ0n) is 18.9. The van der Waals surface area contributed by atoms with E-state index in [-0.39, 0.29) is 0 Å². The largest absolute Gasteiger partial charge is 0.0683 e. The zero-order chi connectivity index (χ0) is 18.9. The van der Waals surface area contributed by atoms with Crippen molar-refractivity contribution < 1.29 is 0 Å². The van der Waals surface area contributed by atoms with Gasteiger partial charge in [-0.25, -0.2) is 0 Å². The molecule has 4 fully saturated rings. The Hall–Kier alpha value is 0. The minimum atomic E-state index is 0.933. The fraction of sp³-hybridized carbons (Fsp3) is 1.00. The van der Waals surface area contributed by atoms with Gasteiger partial charge in [0.1, 0.15) is 0 Å². The Balaban J connectivity index is 0.000000173. The van der Waals surface area contributed by atoms with Crippen LogP contribution in [-0.2, 0) is 0 Å². The van der Waals surface area contributed by atoms with Gasteiger partial charge in [0.25, 0.3) is 0 Å². The molecule has 0 spiro atoms. The van der Waals surface area contributed by atoms with Crippen molar-refractivity contribution in [2.45, 2.75) is 125 Å². The highest BCUT2D eigenvalue weighted by atomic mass is 14.4. The molecule has 4 aliphatic rings. The van der Waals surface area contributed by atoms with E-state index >= 15 is 0 Å². The van der Waals surface area contributed by atoms with E-state index in [1.807, 2.05) is 13.8 Å². The number of fused-ring (bicyclic) bond motifs is 2. The molecule has 4 rings (SSSR count). The van der Waals surface area contributed by atoms with Gasteiger partial charge in [-0.05, 0) is 67.1 Å². The lowest BCUT2D eigenvalue weighted by Gasteiger charge is -2.40. The second kappa shape index (κ2) is 11.8. The lowest BCUT2D eigenvalue weighted by atomic mass is 9.65. The Kier molecular flexibility index (Phi) is 10.1. The molecule has 0 radical (unpaired) electrons. The molecule has 0 aromatic heterocycles. The molecule has 0 amide bonds. The van der Waals surface area contributed by atoms with Crippen LogP contribution in [0.1, 0.15) is 125 Å². The summed E-state index contributed by atoms with van der Waals surface area (Å²) in [4.78, 5) is 0. The molecule has 0 N–H and O–H groups in total. The Bertz CT molecular complexity index is 355. The highest BCUT2D eigenvalue weighted by Gasteiger charge is 2.33. The van der Waals surface area contributed by atoms with Crippen LogP contribution in [0, 0.1) is 41.4 Å². The minimum absolute atomic E-state index is 0.933. The molecule has 6 atom stereocenters. The maximum absolute atomic E-state index is 2.47. The normalized spacial score (nSPS) is 39.5. The van der Waals surface area contributed by atoms with Crippen LogP contribution in [0.5, 0.6) is 0 Å². The lowest BCUT2D eigenvalue weighted by Crippen LogP contribution is -2.29. The molecule has 0 heteroatoms. The van der Waals surface area contributed by atoms with E-state index in [9.17, 15) is 0 Å². The van der Waals surface area contributed by atoms with Crippen LogP contribution in [0.25, 0.3) is 0 Å². The summed E-state index contributed by atoms with van der Waals surface area (Å²) >= 11 is 0. The smallest absolute Gasteiger partial charge is 0.0360 e. The summed E-state index contributed by atoms with van der Waals surface area (Å²) in [5.74, 6) is 7.54. The third kappa shape index (κ3) is 6.27. The van der Waals surface area contributed by atoms with Crippen molar-refractivity contribution in [3.8, 4) is 0 Å². The second-order valence-corrected chi connectivity index (χ2v) is 10.2. The first kappa shape index (κ1) is 22.3. The van der Waals surface area contributed by atoms with Gasteiger partial charge >= 0.3 is 0 Å². The molecular formula is C26H50. The van der Waals surface area contributed by atoms with Gasteiger partial charge in [-0.15, -0.1) is 0 Å². The molecule has 6 unspecified atom stereocenters. The Morgan fingerprint density at radius 3 is 1.81 bits per heavy atom. The third-order valence-corrected chi connectivity index (χ3v) is 8.46. The molecule has 4 saturated carbocycles. The summed E-state index contributed by atoms with van der Waals surface area (Å²) in [6.07, 6.45) is 21.5. The van der Waals surface area contributed by atoms with Gasteiger partial charge < -0.3 is 0 Å². The van der Waals surface area contributed by atoms with Crippen molar-refractivity contribution in [2.24, 2.45) is 41.4 Å². The van der Waals surface area contributed by atoms with Gasteiger partial charge in [0.05, 0.1) is 0 Å². The summed E-state index contributed by atoms with van der Waals surface area (Å²) < 4.78 is 0. The monoisotopic (exact) mass is 362 g/mol. The summed E-state index contributed by atoms with van der Waals surface area (Å²) in [5.41, 5.74) is 0. The molecule has 0 aromatic carbocycles. The first-order valence-electron chi connectivity index (χ1n) is 12.6. The highest BCUT2D eigenvalue weighted by Crippen LogP contribution is 2.45. The number of rotatable bonds is 1. The molecule has 0 aliphatic heterocycles. The first-order chi connectivity index (χ1) is 12.6. The fourth-order valence-corrected chi connectivity index (χ4v) is 6.78. The Morgan fingerprint density at radius 2 is 1.15 bits per heavy atom. The zero-order valence-corrected chi connectivity index (χ0v) is 18.9. The van der Waals surface area contributed by atoms with Crippen LogP contribution in [0.3, 0.4) is 0 Å². The topological polar surface area (TPSA) is 0 Å². The summed E-state index contributed by atoms with van der Waals surface area (Å²) in [6, 6.07) is 0. The Morgan fingerprint density at radius 1 is 0.577 bits per heavy atom. The van der Waals surface area contributed by atoms with Crippen LogP contribution in [0.2, 0.25) is 0 Å². The number of hydrogen-bond acceptors (Lipinski definition) is 0. The molecule has 26 heavy (non-hydrogen) atoms. The van der Waals surface area contributed by atoms with E-state index in [2.05, 4.69) is 20.8 Å². The van der Waals surface area contributed by atoms with Crippen molar-refractivity contribution in [1.82, 2.24) is 0 Å². The minimum Gasteiger partial charge on any atom is -0.0683 e. The molecule has 0 aromatic rings. The predicted molar refractivity (Wildman–Crippen MR) is 117 cm³/mol. The number of hydrogen-bond donors (Lipinski definition) is 0. The molecule has 0 saturated heterocycles. The van der Waals surface area contributed by atoms with E-state index in [1.165, 1.54) is 44.9 Å². The van der Waals surface area contributed by atoms with E-state index < -0.39 is 0 Å². The van der Waals surface area contributed by atoms with Crippen molar-refractivity contribution >= 4 is 0 Å². The fourth-order valence-electron chi connectivity index (χ4n) is 6.78. The highest BCUT2D eigenvalue weighted by molar-refractivity contribution is 4.84. The summed E-state index contributed by atoms with van der Waals surface area (Å²) in [5, 5.41) is 0. The van der Waals surface area contributed by atoms with Crippen molar-refractivity contribution in [2.75, 3.05) is 0 Å². The van der Waals surface area contributed by atoms with Crippen LogP contribution >= 0.6 is 0 Å². The summed E-state index contributed by atoms with van der Waals surface area (Å²) in [6.45, 7) is 11.3. The van der Waals surface area contributed by atoms with E-state index in [1.54, 1.807) is 44.9 Å². The molecule has 0 heterocycles. The van der Waals surface area contributed by atoms with E-state index in [0.29, 0.717) is 0 Å². The van der Waals surface area contributed by atoms with Crippen LogP contribution in [0.4, 0.5) is 0 Å². The van der Waals surface area contributed by atoms with Gasteiger partial charge in [-0.3, -0.25) is 0 Å². The van der Waals surface area contributed by atoms with Gasteiger partial charge in [-0.1, -0.05) is 98.8 Å². The van der Waals surface area contributed by atoms with Crippen LogP contribution < -0.4 is 0 Å². The molecule has 0 nitrogen and oxygen atoms in total. The molecule has 154 valence electrons.